The Morgan fingerprint density at radius 3 is 2.29 bits per heavy atom. The van der Waals surface area contributed by atoms with E-state index in [0.29, 0.717) is 13.2 Å². The summed E-state index contributed by atoms with van der Waals surface area (Å²) in [4.78, 5) is 21.4. The van der Waals surface area contributed by atoms with Crippen molar-refractivity contribution in [2.75, 3.05) is 13.2 Å². The fourth-order valence-electron chi connectivity index (χ4n) is 1.38. The predicted molar refractivity (Wildman–Crippen MR) is 46.7 cm³/mol. The molecular weight excluding hydrogens is 188 g/mol. The molecule has 0 radical (unpaired) electrons. The lowest BCUT2D eigenvalue weighted by Crippen LogP contribution is -2.34. The predicted octanol–water partition coefficient (Wildman–Crippen LogP) is 0.429. The fraction of sp³-hybridized carbons (Fsp3) is 0.778. The van der Waals surface area contributed by atoms with E-state index < -0.39 is 23.5 Å². The normalized spacial score (nSPS) is 18.4. The number of ketones is 1. The molecule has 1 fully saturated rings. The molecule has 1 saturated heterocycles. The quantitative estimate of drug-likeness (QED) is 0.669. The second kappa shape index (κ2) is 4.06. The minimum absolute atomic E-state index is 0.0764. The van der Waals surface area contributed by atoms with Gasteiger partial charge < -0.3 is 14.6 Å². The Labute approximate surface area is 82.0 Å². The van der Waals surface area contributed by atoms with Gasteiger partial charge in [0.2, 0.25) is 5.78 Å². The summed E-state index contributed by atoms with van der Waals surface area (Å²) < 4.78 is 10.5. The first-order chi connectivity index (χ1) is 6.43. The first-order valence-electron chi connectivity index (χ1n) is 4.43. The van der Waals surface area contributed by atoms with Crippen LogP contribution in [0.2, 0.25) is 0 Å². The van der Waals surface area contributed by atoms with Crippen LogP contribution in [0.1, 0.15) is 20.3 Å². The molecule has 0 aromatic rings. The number of Topliss-reactive ketones (excluding diaryl/α,β-unsaturated/α-hetero) is 1. The first-order valence-corrected chi connectivity index (χ1v) is 4.43. The van der Waals surface area contributed by atoms with Crippen LogP contribution in [0.5, 0.6) is 0 Å². The molecular formula is C9H14O5. The average molecular weight is 202 g/mol. The van der Waals surface area contributed by atoms with Gasteiger partial charge in [0.05, 0.1) is 13.2 Å². The van der Waals surface area contributed by atoms with Gasteiger partial charge in [0.15, 0.2) is 6.29 Å². The van der Waals surface area contributed by atoms with Crippen molar-refractivity contribution >= 4 is 11.8 Å². The lowest BCUT2D eigenvalue weighted by Gasteiger charge is -2.28. The number of ether oxygens (including phenoxy) is 2. The smallest absolute Gasteiger partial charge is 0.372 e. The number of aliphatic carboxylic acids is 1. The van der Waals surface area contributed by atoms with E-state index in [1.54, 1.807) is 13.8 Å². The summed E-state index contributed by atoms with van der Waals surface area (Å²) in [5.74, 6) is -2.22. The highest BCUT2D eigenvalue weighted by atomic mass is 16.7. The third-order valence-corrected chi connectivity index (χ3v) is 2.11. The summed E-state index contributed by atoms with van der Waals surface area (Å²) in [6.07, 6.45) is -0.557. The standard InChI is InChI=1S/C9H14O5/c1-9(2,5-6(10)7(11)12)8-13-3-4-14-8/h8H,3-5H2,1-2H3,(H,11,12). The van der Waals surface area contributed by atoms with Crippen LogP contribution in [-0.2, 0) is 19.1 Å². The third-order valence-electron chi connectivity index (χ3n) is 2.11. The van der Waals surface area contributed by atoms with Crippen molar-refractivity contribution in [2.24, 2.45) is 5.41 Å². The monoisotopic (exact) mass is 202 g/mol. The number of carbonyl (C=O) groups is 2. The van der Waals surface area contributed by atoms with Gasteiger partial charge in [0.1, 0.15) is 0 Å². The van der Waals surface area contributed by atoms with Crippen molar-refractivity contribution in [3.8, 4) is 0 Å². The van der Waals surface area contributed by atoms with E-state index in [2.05, 4.69) is 0 Å². The minimum Gasteiger partial charge on any atom is -0.476 e. The molecule has 0 aromatic heterocycles. The Kier molecular flexibility index (Phi) is 3.23. The Hall–Kier alpha value is -0.940. The summed E-state index contributed by atoms with van der Waals surface area (Å²) in [6, 6.07) is 0. The highest BCUT2D eigenvalue weighted by molar-refractivity contribution is 6.32. The summed E-state index contributed by atoms with van der Waals surface area (Å²) >= 11 is 0. The summed E-state index contributed by atoms with van der Waals surface area (Å²) in [5.41, 5.74) is -0.591. The molecule has 0 saturated carbocycles. The van der Waals surface area contributed by atoms with Crippen LogP contribution in [0.4, 0.5) is 0 Å². The molecule has 0 atom stereocenters. The van der Waals surface area contributed by atoms with Crippen LogP contribution >= 0.6 is 0 Å². The van der Waals surface area contributed by atoms with E-state index in [9.17, 15) is 9.59 Å². The molecule has 1 N–H and O–H groups in total. The molecule has 14 heavy (non-hydrogen) atoms. The maximum absolute atomic E-state index is 11.0. The average Bonchev–Trinajstić information content (AvgIpc) is 2.54. The molecule has 0 bridgehead atoms. The summed E-state index contributed by atoms with van der Waals surface area (Å²) in [7, 11) is 0. The number of hydrogen-bond acceptors (Lipinski definition) is 4. The van der Waals surface area contributed by atoms with Crippen molar-refractivity contribution in [3.63, 3.8) is 0 Å². The summed E-state index contributed by atoms with van der Waals surface area (Å²) in [6.45, 7) is 4.50. The van der Waals surface area contributed by atoms with Gasteiger partial charge in [-0.05, 0) is 0 Å². The Morgan fingerprint density at radius 2 is 1.86 bits per heavy atom. The Bertz CT molecular complexity index is 240. The van der Waals surface area contributed by atoms with Crippen molar-refractivity contribution in [2.45, 2.75) is 26.6 Å². The molecule has 1 aliphatic heterocycles. The molecule has 5 heteroatoms. The maximum Gasteiger partial charge on any atom is 0.372 e. The van der Waals surface area contributed by atoms with Gasteiger partial charge in [-0.3, -0.25) is 4.79 Å². The van der Waals surface area contributed by atoms with Crippen LogP contribution in [0.25, 0.3) is 0 Å². The third kappa shape index (κ3) is 2.52. The van der Waals surface area contributed by atoms with E-state index in [4.69, 9.17) is 14.6 Å². The minimum atomic E-state index is -1.41. The van der Waals surface area contributed by atoms with Gasteiger partial charge in [-0.25, -0.2) is 4.79 Å². The van der Waals surface area contributed by atoms with E-state index in [-0.39, 0.29) is 6.42 Å². The van der Waals surface area contributed by atoms with Crippen LogP contribution in [0.3, 0.4) is 0 Å². The SMILES string of the molecule is CC(C)(CC(=O)C(=O)O)C1OCCO1. The zero-order chi connectivity index (χ0) is 10.8. The molecule has 80 valence electrons. The molecule has 0 spiro atoms. The second-order valence-electron chi connectivity index (χ2n) is 3.97. The molecule has 1 heterocycles. The number of rotatable bonds is 4. The van der Waals surface area contributed by atoms with Gasteiger partial charge in [0.25, 0.3) is 0 Å². The van der Waals surface area contributed by atoms with Gasteiger partial charge in [-0.15, -0.1) is 0 Å². The Balaban J connectivity index is 2.56. The Morgan fingerprint density at radius 1 is 1.36 bits per heavy atom. The molecule has 1 rings (SSSR count). The van der Waals surface area contributed by atoms with E-state index >= 15 is 0 Å². The van der Waals surface area contributed by atoms with Crippen molar-refractivity contribution in [1.29, 1.82) is 0 Å². The zero-order valence-corrected chi connectivity index (χ0v) is 8.28. The van der Waals surface area contributed by atoms with Crippen LogP contribution in [-0.4, -0.2) is 36.4 Å². The maximum atomic E-state index is 11.0. The number of carbonyl (C=O) groups excluding carboxylic acids is 1. The zero-order valence-electron chi connectivity index (χ0n) is 8.28. The van der Waals surface area contributed by atoms with Crippen LogP contribution in [0, 0.1) is 5.41 Å². The lowest BCUT2D eigenvalue weighted by atomic mass is 9.86. The molecule has 0 unspecified atom stereocenters. The molecule has 0 aromatic carbocycles. The van der Waals surface area contributed by atoms with Gasteiger partial charge in [-0.2, -0.15) is 0 Å². The lowest BCUT2D eigenvalue weighted by molar-refractivity contribution is -0.156. The largest absolute Gasteiger partial charge is 0.476 e. The van der Waals surface area contributed by atoms with Crippen LogP contribution in [0.15, 0.2) is 0 Å². The van der Waals surface area contributed by atoms with E-state index in [0.717, 1.165) is 0 Å². The number of hydrogen-bond donors (Lipinski definition) is 1. The van der Waals surface area contributed by atoms with Crippen molar-refractivity contribution in [1.82, 2.24) is 0 Å². The highest BCUT2D eigenvalue weighted by Crippen LogP contribution is 2.31. The number of carboxylic acid groups (broad SMARTS) is 1. The van der Waals surface area contributed by atoms with Gasteiger partial charge in [0, 0.05) is 11.8 Å². The number of carboxylic acids is 1. The van der Waals surface area contributed by atoms with E-state index in [1.165, 1.54) is 0 Å². The molecule has 0 amide bonds. The van der Waals surface area contributed by atoms with Crippen molar-refractivity contribution in [3.05, 3.63) is 0 Å². The first kappa shape index (κ1) is 11.1. The fourth-order valence-corrected chi connectivity index (χ4v) is 1.38. The van der Waals surface area contributed by atoms with Crippen LogP contribution < -0.4 is 0 Å². The molecule has 1 aliphatic rings. The van der Waals surface area contributed by atoms with E-state index in [1.807, 2.05) is 0 Å². The van der Waals surface area contributed by atoms with Gasteiger partial charge >= 0.3 is 5.97 Å². The van der Waals surface area contributed by atoms with Crippen molar-refractivity contribution < 1.29 is 24.2 Å². The second-order valence-corrected chi connectivity index (χ2v) is 3.97. The highest BCUT2D eigenvalue weighted by Gasteiger charge is 2.37. The van der Waals surface area contributed by atoms with Gasteiger partial charge in [-0.1, -0.05) is 13.8 Å². The topological polar surface area (TPSA) is 72.8 Å². The molecule has 0 aliphatic carbocycles. The molecule has 5 nitrogen and oxygen atoms in total. The summed E-state index contributed by atoms with van der Waals surface area (Å²) in [5, 5.41) is 8.46.